The minimum Gasteiger partial charge on any atom is -0.455 e. The Balaban J connectivity index is 1.43. The summed E-state index contributed by atoms with van der Waals surface area (Å²) in [6.45, 7) is 0. The molecule has 43 heavy (non-hydrogen) atoms. The van der Waals surface area contributed by atoms with Crippen LogP contribution in [0.4, 0.5) is 0 Å². The van der Waals surface area contributed by atoms with Crippen LogP contribution in [0.15, 0.2) is 162 Å². The summed E-state index contributed by atoms with van der Waals surface area (Å²) in [5.74, 6) is 0. The van der Waals surface area contributed by atoms with E-state index in [-0.39, 0.29) is 142 Å². The molecule has 0 amide bonds. The van der Waals surface area contributed by atoms with Crippen LogP contribution < -0.4 is 0 Å². The van der Waals surface area contributed by atoms with Gasteiger partial charge in [-0.15, -0.1) is 0 Å². The van der Waals surface area contributed by atoms with Crippen LogP contribution >= 0.6 is 0 Å². The van der Waals surface area contributed by atoms with E-state index in [1.807, 2.05) is 0 Å². The monoisotopic (exact) mass is 564 g/mol. The number of hydrogen-bond acceptors (Lipinski definition) is 1. The molecule has 1 nitrogen and oxygen atoms in total. The van der Waals surface area contributed by atoms with E-state index in [1.165, 1.54) is 48.5 Å². The van der Waals surface area contributed by atoms with Gasteiger partial charge >= 0.3 is 0 Å². The van der Waals surface area contributed by atoms with Crippen molar-refractivity contribution in [3.8, 4) is 33.4 Å². The summed E-state index contributed by atoms with van der Waals surface area (Å²) in [6.07, 6.45) is 0. The molecule has 0 bridgehead atoms. The van der Waals surface area contributed by atoms with Gasteiger partial charge in [-0.1, -0.05) is 151 Å². The smallest absolute Gasteiger partial charge is 0.143 e. The molecule has 9 aromatic rings. The summed E-state index contributed by atoms with van der Waals surface area (Å²) in [7, 11) is 0. The van der Waals surface area contributed by atoms with Crippen molar-refractivity contribution in [1.29, 1.82) is 0 Å². The van der Waals surface area contributed by atoms with Gasteiger partial charge < -0.3 is 4.42 Å². The van der Waals surface area contributed by atoms with Gasteiger partial charge in [0.05, 0.1) is 24.7 Å². The van der Waals surface area contributed by atoms with Crippen LogP contribution in [-0.2, 0) is 0 Å². The van der Waals surface area contributed by atoms with E-state index in [2.05, 4.69) is 0 Å². The Morgan fingerprint density at radius 3 is 1.74 bits per heavy atom. The molecule has 0 N–H and O–H groups in total. The standard InChI is InChI=1S/C42H26O/c1-2-13-30-27(11-1)12-9-19-31(30)28-23-25-29(26-24-28)40-33-15-3-5-17-35(33)41(36-18-6-4-16-34(36)40)38-21-10-20-37-32-14-7-8-22-39(32)43-42(37)38/h1-26H/i1D,2D,3D,4D,5D,6D,7D,8D,9D,10D,11D,12D,14D,20D,21D,22D,23D,24D. The summed E-state index contributed by atoms with van der Waals surface area (Å²) in [6, 6.07) is 3.28. The number of benzene rings is 8. The Hall–Kier alpha value is -5.66. The van der Waals surface area contributed by atoms with Crippen molar-refractivity contribution in [2.45, 2.75) is 0 Å². The maximum Gasteiger partial charge on any atom is 0.143 e. The third kappa shape index (κ3) is 3.65. The van der Waals surface area contributed by atoms with Crippen molar-refractivity contribution in [3.63, 3.8) is 0 Å². The molecule has 0 unspecified atom stereocenters. The lowest BCUT2D eigenvalue weighted by molar-refractivity contribution is 0.670. The molecule has 0 atom stereocenters. The summed E-state index contributed by atoms with van der Waals surface area (Å²) in [5.41, 5.74) is -0.0365. The summed E-state index contributed by atoms with van der Waals surface area (Å²) in [4.78, 5) is 0. The van der Waals surface area contributed by atoms with E-state index in [4.69, 9.17) is 25.0 Å². The maximum atomic E-state index is 9.29. The highest BCUT2D eigenvalue weighted by atomic mass is 16.3. The van der Waals surface area contributed by atoms with Crippen molar-refractivity contribution < 1.29 is 29.1 Å². The molecule has 8 aromatic carbocycles. The third-order valence-electron chi connectivity index (χ3n) is 7.63. The van der Waals surface area contributed by atoms with Crippen molar-refractivity contribution in [2.75, 3.05) is 0 Å². The first kappa shape index (κ1) is 12.3. The molecule has 9 rings (SSSR count). The van der Waals surface area contributed by atoms with Crippen LogP contribution in [0, 0.1) is 0 Å². The lowest BCUT2D eigenvalue weighted by atomic mass is 9.85. The van der Waals surface area contributed by atoms with Crippen LogP contribution in [-0.4, -0.2) is 0 Å². The molecule has 0 aliphatic carbocycles. The Kier molecular flexibility index (Phi) is 2.70. The SMILES string of the molecule is [2H]c1cc2c(-c3cc([2H])c(-c4cc([2H])c([2H])c5c([2H])c([2H])c([2H])cc45)c([2H])c3)c3cc([2H])c([2H])cc3c(-c3c([2H])c([2H])c([2H])c4c3oc3c([2H])c([2H])c([2H])c([2H])c34)c2cc1[2H]. The number of rotatable bonds is 3. The number of fused-ring (bicyclic) bond motifs is 6. The van der Waals surface area contributed by atoms with E-state index < -0.39 is 54.4 Å². The van der Waals surface area contributed by atoms with E-state index in [0.717, 1.165) is 0 Å². The average molecular weight is 565 g/mol. The highest BCUT2D eigenvalue weighted by Crippen LogP contribution is 2.46. The maximum absolute atomic E-state index is 9.29. The lowest BCUT2D eigenvalue weighted by Crippen LogP contribution is -1.91. The molecule has 0 aliphatic heterocycles. The molecule has 0 aliphatic rings. The number of furan rings is 1. The van der Waals surface area contributed by atoms with Crippen LogP contribution in [0.3, 0.4) is 0 Å². The van der Waals surface area contributed by atoms with Crippen LogP contribution in [0.25, 0.3) is 87.6 Å². The van der Waals surface area contributed by atoms with Crippen molar-refractivity contribution >= 4 is 54.3 Å². The van der Waals surface area contributed by atoms with Gasteiger partial charge in [0.1, 0.15) is 11.2 Å². The van der Waals surface area contributed by atoms with E-state index in [0.29, 0.717) is 0 Å². The molecule has 0 fully saturated rings. The highest BCUT2D eigenvalue weighted by Gasteiger charge is 2.20. The predicted octanol–water partition coefficient (Wildman–Crippen LogP) is 12.0. The molecule has 1 heterocycles. The molecule has 0 saturated heterocycles. The Morgan fingerprint density at radius 1 is 0.372 bits per heavy atom. The Morgan fingerprint density at radius 2 is 0.977 bits per heavy atom. The van der Waals surface area contributed by atoms with Gasteiger partial charge in [0.2, 0.25) is 0 Å². The van der Waals surface area contributed by atoms with E-state index in [1.54, 1.807) is 0 Å². The Labute approximate surface area is 274 Å². The number of hydrogen-bond donors (Lipinski definition) is 0. The zero-order chi connectivity index (χ0) is 44.0. The van der Waals surface area contributed by atoms with Crippen LogP contribution in [0.1, 0.15) is 24.7 Å². The largest absolute Gasteiger partial charge is 0.455 e. The van der Waals surface area contributed by atoms with Gasteiger partial charge in [-0.25, -0.2) is 0 Å². The molecule has 1 heteroatoms. The van der Waals surface area contributed by atoms with Crippen LogP contribution in [0.5, 0.6) is 0 Å². The summed E-state index contributed by atoms with van der Waals surface area (Å²) in [5, 5.41) is 0.488. The molecular formula is C42H26O. The molecular weight excluding hydrogens is 520 g/mol. The fraction of sp³-hybridized carbons (Fsp3) is 0. The number of para-hydroxylation sites is 2. The molecule has 0 saturated carbocycles. The second kappa shape index (κ2) is 9.44. The van der Waals surface area contributed by atoms with Gasteiger partial charge in [-0.05, 0) is 60.6 Å². The Bertz CT molecular complexity index is 3430. The molecule has 200 valence electrons. The first-order valence-corrected chi connectivity index (χ1v) is 13.3. The normalized spacial score (nSPS) is 17.6. The van der Waals surface area contributed by atoms with E-state index in [9.17, 15) is 4.11 Å². The second-order valence-electron chi connectivity index (χ2n) is 9.88. The second-order valence-corrected chi connectivity index (χ2v) is 9.88. The average Bonchev–Trinajstić information content (AvgIpc) is 3.61. The lowest BCUT2D eigenvalue weighted by Gasteiger charge is -2.18. The molecule has 1 aromatic heterocycles. The third-order valence-corrected chi connectivity index (χ3v) is 7.63. The first-order valence-electron chi connectivity index (χ1n) is 22.3. The van der Waals surface area contributed by atoms with Gasteiger partial charge in [-0.2, -0.15) is 0 Å². The van der Waals surface area contributed by atoms with Crippen LogP contribution in [0.2, 0.25) is 0 Å². The first-order chi connectivity index (χ1) is 28.7. The fourth-order valence-corrected chi connectivity index (χ4v) is 5.77. The molecule has 0 spiro atoms. The molecule has 0 radical (unpaired) electrons. The fourth-order valence-electron chi connectivity index (χ4n) is 5.77. The zero-order valence-electron chi connectivity index (χ0n) is 40.0. The quantitative estimate of drug-likeness (QED) is 0.195. The van der Waals surface area contributed by atoms with Gasteiger partial charge in [-0.3, -0.25) is 0 Å². The van der Waals surface area contributed by atoms with Gasteiger partial charge in [0, 0.05) is 21.9 Å². The van der Waals surface area contributed by atoms with Crippen molar-refractivity contribution in [1.82, 2.24) is 0 Å². The predicted molar refractivity (Wildman–Crippen MR) is 183 cm³/mol. The van der Waals surface area contributed by atoms with Crippen molar-refractivity contribution in [3.05, 3.63) is 157 Å². The minimum atomic E-state index is -0.612. The summed E-state index contributed by atoms with van der Waals surface area (Å²) >= 11 is 0. The topological polar surface area (TPSA) is 13.1 Å². The summed E-state index contributed by atoms with van der Waals surface area (Å²) < 4.78 is 162. The van der Waals surface area contributed by atoms with Gasteiger partial charge in [0.15, 0.2) is 0 Å². The van der Waals surface area contributed by atoms with E-state index >= 15 is 0 Å². The zero-order valence-corrected chi connectivity index (χ0v) is 22.0. The minimum absolute atomic E-state index is 0.00737. The van der Waals surface area contributed by atoms with Crippen molar-refractivity contribution in [2.24, 2.45) is 0 Å². The van der Waals surface area contributed by atoms with Gasteiger partial charge in [0.25, 0.3) is 0 Å². The highest BCUT2D eigenvalue weighted by molar-refractivity contribution is 6.24.